The minimum Gasteiger partial charge on any atom is -0.433 e. The molecule has 7 heteroatoms. The number of alkyl halides is 2. The number of para-hydroxylation sites is 2. The van der Waals surface area contributed by atoms with Gasteiger partial charge in [0, 0.05) is 12.6 Å². The maximum atomic E-state index is 12.3. The first-order valence-corrected chi connectivity index (χ1v) is 7.14. The molecule has 0 aliphatic heterocycles. The number of hydrogen-bond acceptors (Lipinski definition) is 3. The van der Waals surface area contributed by atoms with Crippen molar-refractivity contribution in [2.24, 2.45) is 0 Å². The Morgan fingerprint density at radius 2 is 1.71 bits per heavy atom. The van der Waals surface area contributed by atoms with Crippen LogP contribution in [0.15, 0.2) is 48.5 Å². The molecule has 0 unspecified atom stereocenters. The quantitative estimate of drug-likeness (QED) is 0.850. The second-order valence-corrected chi connectivity index (χ2v) is 4.98. The van der Waals surface area contributed by atoms with E-state index in [1.807, 2.05) is 0 Å². The number of ether oxygens (including phenoxy) is 1. The summed E-state index contributed by atoms with van der Waals surface area (Å²) in [5, 5.41) is 5.17. The summed E-state index contributed by atoms with van der Waals surface area (Å²) in [5.41, 5.74) is 1.52. The number of nitrogens with one attached hydrogen (secondary N) is 2. The first kappa shape index (κ1) is 17.4. The summed E-state index contributed by atoms with van der Waals surface area (Å²) in [5.74, 6) is -0.648. The van der Waals surface area contributed by atoms with E-state index in [-0.39, 0.29) is 29.7 Å². The van der Waals surface area contributed by atoms with E-state index in [2.05, 4.69) is 15.4 Å². The number of hydrogen-bond donors (Lipinski definition) is 2. The molecule has 2 N–H and O–H groups in total. The second kappa shape index (κ2) is 8.05. The van der Waals surface area contributed by atoms with Crippen LogP contribution in [0.2, 0.25) is 0 Å². The number of benzene rings is 2. The highest BCUT2D eigenvalue weighted by molar-refractivity contribution is 5.94. The highest BCUT2D eigenvalue weighted by atomic mass is 19.3. The van der Waals surface area contributed by atoms with Gasteiger partial charge < -0.3 is 15.4 Å². The van der Waals surface area contributed by atoms with Crippen molar-refractivity contribution in [1.82, 2.24) is 0 Å². The zero-order valence-electron chi connectivity index (χ0n) is 12.9. The molecule has 2 amide bonds. The summed E-state index contributed by atoms with van der Waals surface area (Å²) in [6.07, 6.45) is 0.0589. The third kappa shape index (κ3) is 5.35. The van der Waals surface area contributed by atoms with Gasteiger partial charge in [0.25, 0.3) is 0 Å². The summed E-state index contributed by atoms with van der Waals surface area (Å²) >= 11 is 0. The van der Waals surface area contributed by atoms with E-state index in [0.717, 1.165) is 0 Å². The van der Waals surface area contributed by atoms with Crippen molar-refractivity contribution >= 4 is 23.2 Å². The van der Waals surface area contributed by atoms with Crippen molar-refractivity contribution in [2.45, 2.75) is 20.0 Å². The minimum atomic E-state index is -2.97. The van der Waals surface area contributed by atoms with Gasteiger partial charge in [0.15, 0.2) is 0 Å². The van der Waals surface area contributed by atoms with Crippen LogP contribution in [-0.2, 0) is 16.0 Å². The van der Waals surface area contributed by atoms with Gasteiger partial charge in [0.05, 0.1) is 12.1 Å². The highest BCUT2D eigenvalue weighted by Gasteiger charge is 2.12. The molecule has 0 saturated carbocycles. The van der Waals surface area contributed by atoms with E-state index in [9.17, 15) is 18.4 Å². The van der Waals surface area contributed by atoms with Gasteiger partial charge in [-0.3, -0.25) is 9.59 Å². The molecule has 0 atom stereocenters. The van der Waals surface area contributed by atoms with Crippen LogP contribution in [0, 0.1) is 0 Å². The van der Waals surface area contributed by atoms with E-state index in [1.54, 1.807) is 30.3 Å². The highest BCUT2D eigenvalue weighted by Crippen LogP contribution is 2.25. The zero-order valence-corrected chi connectivity index (χ0v) is 12.9. The average Bonchev–Trinajstić information content (AvgIpc) is 2.50. The van der Waals surface area contributed by atoms with Crippen molar-refractivity contribution < 1.29 is 23.1 Å². The summed E-state index contributed by atoms with van der Waals surface area (Å²) in [7, 11) is 0. The standard InChI is InChI=1S/C17H16F2N2O3/c1-11(22)20-13-8-6-12(7-9-13)10-16(23)21-14-4-2-3-5-15(14)24-17(18)19/h2-9,17H,10H2,1H3,(H,20,22)(H,21,23). The minimum absolute atomic E-state index is 0.0589. The van der Waals surface area contributed by atoms with Crippen molar-refractivity contribution in [1.29, 1.82) is 0 Å². The van der Waals surface area contributed by atoms with E-state index in [0.29, 0.717) is 11.3 Å². The van der Waals surface area contributed by atoms with Crippen LogP contribution >= 0.6 is 0 Å². The van der Waals surface area contributed by atoms with Gasteiger partial charge in [-0.25, -0.2) is 0 Å². The lowest BCUT2D eigenvalue weighted by Gasteiger charge is -2.11. The number of anilines is 2. The molecule has 2 aromatic carbocycles. The Bertz CT molecular complexity index is 718. The van der Waals surface area contributed by atoms with Crippen LogP contribution < -0.4 is 15.4 Å². The Morgan fingerprint density at radius 3 is 2.33 bits per heavy atom. The summed E-state index contributed by atoms with van der Waals surface area (Å²) < 4.78 is 29.1. The van der Waals surface area contributed by atoms with Crippen LogP contribution in [0.5, 0.6) is 5.75 Å². The maximum Gasteiger partial charge on any atom is 0.387 e. The Hall–Kier alpha value is -2.96. The van der Waals surface area contributed by atoms with Crippen molar-refractivity contribution in [2.75, 3.05) is 10.6 Å². The predicted octanol–water partition coefficient (Wildman–Crippen LogP) is 3.43. The van der Waals surface area contributed by atoms with Gasteiger partial charge in [-0.15, -0.1) is 0 Å². The molecule has 0 heterocycles. The number of amides is 2. The van der Waals surface area contributed by atoms with Gasteiger partial charge in [-0.2, -0.15) is 8.78 Å². The van der Waals surface area contributed by atoms with Gasteiger partial charge >= 0.3 is 6.61 Å². The Kier molecular flexibility index (Phi) is 5.83. The van der Waals surface area contributed by atoms with E-state index < -0.39 is 6.61 Å². The summed E-state index contributed by atoms with van der Waals surface area (Å²) in [6, 6.07) is 12.7. The number of halogens is 2. The summed E-state index contributed by atoms with van der Waals surface area (Å²) in [4.78, 5) is 23.0. The smallest absolute Gasteiger partial charge is 0.387 e. The molecule has 0 bridgehead atoms. The third-order valence-electron chi connectivity index (χ3n) is 3.02. The molecule has 24 heavy (non-hydrogen) atoms. The molecule has 0 aliphatic carbocycles. The monoisotopic (exact) mass is 334 g/mol. The van der Waals surface area contributed by atoms with Crippen LogP contribution in [-0.4, -0.2) is 18.4 Å². The van der Waals surface area contributed by atoms with Gasteiger partial charge in [-0.05, 0) is 29.8 Å². The second-order valence-electron chi connectivity index (χ2n) is 4.98. The molecule has 2 rings (SSSR count). The zero-order chi connectivity index (χ0) is 17.5. The number of carbonyl (C=O) groups is 2. The molecule has 0 aliphatic rings. The molecular formula is C17H16F2N2O3. The molecule has 0 aromatic heterocycles. The van der Waals surface area contributed by atoms with E-state index in [1.165, 1.54) is 25.1 Å². The lowest BCUT2D eigenvalue weighted by atomic mass is 10.1. The summed E-state index contributed by atoms with van der Waals surface area (Å²) in [6.45, 7) is -1.57. The molecular weight excluding hydrogens is 318 g/mol. The molecule has 0 saturated heterocycles. The Labute approximate surface area is 137 Å². The predicted molar refractivity (Wildman–Crippen MR) is 86.2 cm³/mol. The largest absolute Gasteiger partial charge is 0.433 e. The van der Waals surface area contributed by atoms with Crippen LogP contribution in [0.3, 0.4) is 0 Å². The fourth-order valence-electron chi connectivity index (χ4n) is 2.06. The molecule has 126 valence electrons. The van der Waals surface area contributed by atoms with Crippen molar-refractivity contribution in [3.63, 3.8) is 0 Å². The molecule has 0 radical (unpaired) electrons. The van der Waals surface area contributed by atoms with E-state index in [4.69, 9.17) is 0 Å². The fraction of sp³-hybridized carbons (Fsp3) is 0.176. The van der Waals surface area contributed by atoms with Crippen molar-refractivity contribution in [3.8, 4) is 5.75 Å². The van der Waals surface area contributed by atoms with Gasteiger partial charge in [0.2, 0.25) is 11.8 Å². The lowest BCUT2D eigenvalue weighted by molar-refractivity contribution is -0.116. The van der Waals surface area contributed by atoms with Gasteiger partial charge in [-0.1, -0.05) is 24.3 Å². The molecule has 5 nitrogen and oxygen atoms in total. The SMILES string of the molecule is CC(=O)Nc1ccc(CC(=O)Nc2ccccc2OC(F)F)cc1. The molecule has 2 aromatic rings. The Morgan fingerprint density at radius 1 is 1.04 bits per heavy atom. The lowest BCUT2D eigenvalue weighted by Crippen LogP contribution is -2.16. The van der Waals surface area contributed by atoms with Crippen LogP contribution in [0.4, 0.5) is 20.2 Å². The fourth-order valence-corrected chi connectivity index (χ4v) is 2.06. The number of rotatable bonds is 6. The topological polar surface area (TPSA) is 67.4 Å². The maximum absolute atomic E-state index is 12.3. The average molecular weight is 334 g/mol. The number of carbonyl (C=O) groups excluding carboxylic acids is 2. The Balaban J connectivity index is 1.99. The normalized spacial score (nSPS) is 10.3. The first-order valence-electron chi connectivity index (χ1n) is 7.14. The molecule has 0 spiro atoms. The van der Waals surface area contributed by atoms with Gasteiger partial charge in [0.1, 0.15) is 5.75 Å². The van der Waals surface area contributed by atoms with Crippen LogP contribution in [0.1, 0.15) is 12.5 Å². The van der Waals surface area contributed by atoms with Crippen molar-refractivity contribution in [3.05, 3.63) is 54.1 Å². The third-order valence-corrected chi connectivity index (χ3v) is 3.02. The van der Waals surface area contributed by atoms with Crippen LogP contribution in [0.25, 0.3) is 0 Å². The molecule has 0 fully saturated rings. The first-order chi connectivity index (χ1) is 11.4. The van der Waals surface area contributed by atoms with E-state index >= 15 is 0 Å².